The van der Waals surface area contributed by atoms with Crippen LogP contribution in [-0.4, -0.2) is 25.7 Å². The number of amides is 1. The second-order valence-corrected chi connectivity index (χ2v) is 6.44. The Balaban J connectivity index is 1.49. The van der Waals surface area contributed by atoms with Crippen LogP contribution in [0.15, 0.2) is 67.4 Å². The van der Waals surface area contributed by atoms with Gasteiger partial charge in [0.25, 0.3) is 0 Å². The molecule has 4 rings (SSSR count). The zero-order chi connectivity index (χ0) is 18.6. The van der Waals surface area contributed by atoms with E-state index in [-0.39, 0.29) is 5.91 Å². The van der Waals surface area contributed by atoms with E-state index in [1.807, 2.05) is 49.8 Å². The molecule has 134 valence electrons. The Kier molecular flexibility index (Phi) is 4.61. The van der Waals surface area contributed by atoms with Crippen LogP contribution in [0.4, 0.5) is 5.82 Å². The van der Waals surface area contributed by atoms with E-state index in [0.29, 0.717) is 18.7 Å². The number of nitrogens with zero attached hydrogens (tertiary/aromatic N) is 4. The Morgan fingerprint density at radius 1 is 1.07 bits per heavy atom. The van der Waals surface area contributed by atoms with Gasteiger partial charge in [0.2, 0.25) is 5.91 Å². The van der Waals surface area contributed by atoms with E-state index in [1.54, 1.807) is 23.3 Å². The number of carbonyl (C=O) groups excluding carboxylic acids is 1. The number of nitrogens with one attached hydrogen (secondary N) is 1. The topological polar surface area (TPSA) is 72.7 Å². The number of rotatable bonds is 5. The van der Waals surface area contributed by atoms with Crippen molar-refractivity contribution in [1.29, 1.82) is 0 Å². The van der Waals surface area contributed by atoms with Crippen LogP contribution in [0.2, 0.25) is 0 Å². The van der Waals surface area contributed by atoms with E-state index in [0.717, 1.165) is 27.5 Å². The average molecular weight is 357 g/mol. The predicted molar refractivity (Wildman–Crippen MR) is 105 cm³/mol. The third-order valence-electron chi connectivity index (χ3n) is 4.39. The van der Waals surface area contributed by atoms with Crippen molar-refractivity contribution in [1.82, 2.24) is 19.7 Å². The monoisotopic (exact) mass is 357 g/mol. The summed E-state index contributed by atoms with van der Waals surface area (Å²) in [5.74, 6) is 0.496. The van der Waals surface area contributed by atoms with Crippen LogP contribution >= 0.6 is 0 Å². The number of fused-ring (bicyclic) bond motifs is 1. The molecular weight excluding hydrogens is 338 g/mol. The summed E-state index contributed by atoms with van der Waals surface area (Å²) in [5, 5.41) is 9.15. The lowest BCUT2D eigenvalue weighted by molar-refractivity contribution is -0.116. The van der Waals surface area contributed by atoms with Gasteiger partial charge in [0.15, 0.2) is 0 Å². The van der Waals surface area contributed by atoms with Crippen LogP contribution in [0.25, 0.3) is 21.9 Å². The zero-order valence-electron chi connectivity index (χ0n) is 15.0. The second-order valence-electron chi connectivity index (χ2n) is 6.44. The average Bonchev–Trinajstić information content (AvgIpc) is 3.13. The molecule has 0 radical (unpaired) electrons. The minimum absolute atomic E-state index is 0.0610. The van der Waals surface area contributed by atoms with E-state index in [2.05, 4.69) is 26.4 Å². The fourth-order valence-electron chi connectivity index (χ4n) is 2.97. The minimum Gasteiger partial charge on any atom is -0.311 e. The second kappa shape index (κ2) is 7.37. The van der Waals surface area contributed by atoms with Crippen LogP contribution in [0.3, 0.4) is 0 Å². The van der Waals surface area contributed by atoms with Crippen LogP contribution in [0.1, 0.15) is 12.0 Å². The van der Waals surface area contributed by atoms with E-state index in [4.69, 9.17) is 0 Å². The fraction of sp³-hybridized carbons (Fsp3) is 0.143. The molecule has 1 aromatic carbocycles. The normalized spacial score (nSPS) is 10.9. The van der Waals surface area contributed by atoms with Gasteiger partial charge < -0.3 is 5.32 Å². The highest BCUT2D eigenvalue weighted by Crippen LogP contribution is 2.25. The van der Waals surface area contributed by atoms with Gasteiger partial charge in [-0.1, -0.05) is 18.2 Å². The van der Waals surface area contributed by atoms with Crippen molar-refractivity contribution in [2.45, 2.75) is 12.8 Å². The molecule has 0 saturated heterocycles. The van der Waals surface area contributed by atoms with Gasteiger partial charge in [0.1, 0.15) is 5.82 Å². The van der Waals surface area contributed by atoms with Gasteiger partial charge in [0.05, 0.1) is 6.20 Å². The summed E-state index contributed by atoms with van der Waals surface area (Å²) >= 11 is 0. The standard InChI is InChI=1S/C21H19N5O/c1-26-14-19(13-24-26)16-5-6-17-12-23-20(10-18(17)9-16)25-21(27)7-4-15-3-2-8-22-11-15/h2-3,5-6,8-14H,4,7H2,1H3,(H,23,25,27). The highest BCUT2D eigenvalue weighted by Gasteiger charge is 2.07. The van der Waals surface area contributed by atoms with E-state index < -0.39 is 0 Å². The van der Waals surface area contributed by atoms with Crippen LogP contribution in [0.5, 0.6) is 0 Å². The largest absolute Gasteiger partial charge is 0.311 e. The van der Waals surface area contributed by atoms with Gasteiger partial charge in [-0.05, 0) is 41.1 Å². The van der Waals surface area contributed by atoms with Crippen LogP contribution < -0.4 is 5.32 Å². The molecule has 0 fully saturated rings. The maximum atomic E-state index is 12.2. The van der Waals surface area contributed by atoms with Crippen molar-refractivity contribution in [3.63, 3.8) is 0 Å². The van der Waals surface area contributed by atoms with Crippen LogP contribution in [-0.2, 0) is 18.3 Å². The summed E-state index contributed by atoms with van der Waals surface area (Å²) < 4.78 is 1.78. The molecule has 1 amide bonds. The molecule has 0 aliphatic heterocycles. The number of hydrogen-bond acceptors (Lipinski definition) is 4. The predicted octanol–water partition coefficient (Wildman–Crippen LogP) is 3.60. The lowest BCUT2D eigenvalue weighted by Gasteiger charge is -2.07. The molecule has 1 N–H and O–H groups in total. The summed E-state index contributed by atoms with van der Waals surface area (Å²) in [4.78, 5) is 20.6. The summed E-state index contributed by atoms with van der Waals surface area (Å²) in [6, 6.07) is 11.9. The Bertz CT molecular complexity index is 1090. The van der Waals surface area contributed by atoms with Crippen molar-refractivity contribution < 1.29 is 4.79 Å². The van der Waals surface area contributed by atoms with E-state index in [1.165, 1.54) is 0 Å². The van der Waals surface area contributed by atoms with E-state index >= 15 is 0 Å². The van der Waals surface area contributed by atoms with Crippen molar-refractivity contribution in [3.8, 4) is 11.1 Å². The van der Waals surface area contributed by atoms with Crippen molar-refractivity contribution in [3.05, 3.63) is 72.9 Å². The first-order valence-corrected chi connectivity index (χ1v) is 8.75. The third kappa shape index (κ3) is 4.00. The molecule has 6 nitrogen and oxygen atoms in total. The summed E-state index contributed by atoms with van der Waals surface area (Å²) in [6.07, 6.45) is 10.1. The summed E-state index contributed by atoms with van der Waals surface area (Å²) in [7, 11) is 1.90. The Morgan fingerprint density at radius 3 is 2.78 bits per heavy atom. The molecule has 3 aromatic heterocycles. The van der Waals surface area contributed by atoms with Crippen LogP contribution in [0, 0.1) is 0 Å². The molecule has 0 aliphatic carbocycles. The van der Waals surface area contributed by atoms with Gasteiger partial charge in [-0.15, -0.1) is 0 Å². The molecule has 6 heteroatoms. The summed E-state index contributed by atoms with van der Waals surface area (Å²) in [5.41, 5.74) is 3.18. The van der Waals surface area contributed by atoms with Gasteiger partial charge in [-0.3, -0.25) is 14.5 Å². The maximum Gasteiger partial charge on any atom is 0.225 e. The number of carbonyl (C=O) groups is 1. The molecule has 0 saturated carbocycles. The minimum atomic E-state index is -0.0610. The first kappa shape index (κ1) is 16.9. The number of aromatic nitrogens is 4. The maximum absolute atomic E-state index is 12.2. The smallest absolute Gasteiger partial charge is 0.225 e. The van der Waals surface area contributed by atoms with Gasteiger partial charge in [0, 0.05) is 49.2 Å². The summed E-state index contributed by atoms with van der Waals surface area (Å²) in [6.45, 7) is 0. The van der Waals surface area contributed by atoms with Gasteiger partial charge in [-0.25, -0.2) is 4.98 Å². The molecule has 0 aliphatic rings. The number of benzene rings is 1. The molecule has 3 heterocycles. The molecule has 0 atom stereocenters. The number of aryl methyl sites for hydroxylation is 2. The molecule has 0 bridgehead atoms. The fourth-order valence-corrected chi connectivity index (χ4v) is 2.97. The first-order chi connectivity index (χ1) is 13.2. The van der Waals surface area contributed by atoms with Gasteiger partial charge >= 0.3 is 0 Å². The number of anilines is 1. The lowest BCUT2D eigenvalue weighted by atomic mass is 10.1. The Labute approximate surface area is 156 Å². The third-order valence-corrected chi connectivity index (χ3v) is 4.39. The highest BCUT2D eigenvalue weighted by atomic mass is 16.1. The molecule has 0 spiro atoms. The van der Waals surface area contributed by atoms with Crippen molar-refractivity contribution in [2.75, 3.05) is 5.32 Å². The van der Waals surface area contributed by atoms with E-state index in [9.17, 15) is 4.79 Å². The SMILES string of the molecule is Cn1cc(-c2ccc3cnc(NC(=O)CCc4cccnc4)cc3c2)cn1. The molecule has 4 aromatic rings. The molecule has 0 unspecified atom stereocenters. The molecular formula is C21H19N5O. The zero-order valence-corrected chi connectivity index (χ0v) is 15.0. The number of hydrogen-bond donors (Lipinski definition) is 1. The first-order valence-electron chi connectivity index (χ1n) is 8.75. The van der Waals surface area contributed by atoms with Crippen molar-refractivity contribution >= 4 is 22.5 Å². The Morgan fingerprint density at radius 2 is 2.00 bits per heavy atom. The molecule has 27 heavy (non-hydrogen) atoms. The quantitative estimate of drug-likeness (QED) is 0.592. The van der Waals surface area contributed by atoms with Gasteiger partial charge in [-0.2, -0.15) is 5.10 Å². The number of pyridine rings is 2. The van der Waals surface area contributed by atoms with Crippen molar-refractivity contribution in [2.24, 2.45) is 7.05 Å². The Hall–Kier alpha value is -3.54. The highest BCUT2D eigenvalue weighted by molar-refractivity contribution is 5.94. The lowest BCUT2D eigenvalue weighted by Crippen LogP contribution is -2.13.